The number of rotatable bonds is 6. The number of fused-ring (bicyclic) bond motifs is 2. The summed E-state index contributed by atoms with van der Waals surface area (Å²) in [5.41, 5.74) is 0.649. The lowest BCUT2D eigenvalue weighted by Gasteiger charge is -2.15. The van der Waals surface area contributed by atoms with Crippen molar-refractivity contribution in [2.45, 2.75) is 25.4 Å². The second-order valence-corrected chi connectivity index (χ2v) is 10.9. The van der Waals surface area contributed by atoms with E-state index in [1.807, 2.05) is 48.5 Å². The first-order chi connectivity index (χ1) is 18.1. The second kappa shape index (κ2) is 9.72. The Morgan fingerprint density at radius 1 is 1.05 bits per heavy atom. The maximum absolute atomic E-state index is 13.3. The van der Waals surface area contributed by atoms with Crippen LogP contribution in [0.25, 0.3) is 20.5 Å². The van der Waals surface area contributed by atoms with Crippen molar-refractivity contribution in [3.05, 3.63) is 99.1 Å². The molecule has 2 N–H and O–H groups in total. The summed E-state index contributed by atoms with van der Waals surface area (Å²) in [6, 6.07) is 16.7. The fraction of sp³-hybridized carbons (Fsp3) is 0.148. The van der Waals surface area contributed by atoms with Gasteiger partial charge in [0.05, 0.1) is 17.6 Å². The van der Waals surface area contributed by atoms with Gasteiger partial charge in [-0.15, -0.1) is 22.7 Å². The SMILES string of the molecule is O=C(Nc1cnc2n(c1=O)[C@H](C(=O)NCc1cc3cnccc3s1)CC2)c1ccc(-c2ccccc2)s1. The number of amides is 2. The normalized spacial score (nSPS) is 14.4. The van der Waals surface area contributed by atoms with Gasteiger partial charge in [0, 0.05) is 38.7 Å². The van der Waals surface area contributed by atoms with Crippen LogP contribution >= 0.6 is 22.7 Å². The third kappa shape index (κ3) is 4.56. The van der Waals surface area contributed by atoms with Crippen molar-refractivity contribution in [1.82, 2.24) is 19.9 Å². The molecule has 0 fully saturated rings. The zero-order chi connectivity index (χ0) is 25.4. The van der Waals surface area contributed by atoms with Crippen molar-refractivity contribution in [2.75, 3.05) is 5.32 Å². The number of nitrogens with zero attached hydrogens (tertiary/aromatic N) is 3. The molecule has 0 spiro atoms. The third-order valence-corrected chi connectivity index (χ3v) is 8.52. The van der Waals surface area contributed by atoms with Crippen molar-refractivity contribution >= 4 is 50.3 Å². The summed E-state index contributed by atoms with van der Waals surface area (Å²) in [5.74, 6) is -0.0871. The van der Waals surface area contributed by atoms with Gasteiger partial charge in [-0.2, -0.15) is 0 Å². The van der Waals surface area contributed by atoms with Crippen LogP contribution in [-0.4, -0.2) is 26.3 Å². The highest BCUT2D eigenvalue weighted by Gasteiger charge is 2.31. The minimum absolute atomic E-state index is 0.0557. The largest absolute Gasteiger partial charge is 0.349 e. The Morgan fingerprint density at radius 2 is 1.92 bits per heavy atom. The molecule has 1 aliphatic rings. The van der Waals surface area contributed by atoms with E-state index in [1.165, 1.54) is 22.1 Å². The highest BCUT2D eigenvalue weighted by molar-refractivity contribution is 7.19. The third-order valence-electron chi connectivity index (χ3n) is 6.27. The zero-order valence-corrected chi connectivity index (χ0v) is 21.1. The lowest BCUT2D eigenvalue weighted by molar-refractivity contribution is -0.124. The topological polar surface area (TPSA) is 106 Å². The molecule has 2 amide bonds. The summed E-state index contributed by atoms with van der Waals surface area (Å²) in [7, 11) is 0. The zero-order valence-electron chi connectivity index (χ0n) is 19.5. The van der Waals surface area contributed by atoms with Crippen LogP contribution in [-0.2, 0) is 17.8 Å². The number of aryl methyl sites for hydroxylation is 1. The molecule has 5 aromatic rings. The Bertz CT molecular complexity index is 1660. The number of anilines is 1. The second-order valence-electron chi connectivity index (χ2n) is 8.65. The van der Waals surface area contributed by atoms with Gasteiger partial charge in [0.2, 0.25) is 5.91 Å². The molecule has 184 valence electrons. The smallest absolute Gasteiger partial charge is 0.278 e. The molecule has 5 heterocycles. The Morgan fingerprint density at radius 3 is 2.76 bits per heavy atom. The monoisotopic (exact) mass is 527 g/mol. The van der Waals surface area contributed by atoms with E-state index >= 15 is 0 Å². The van der Waals surface area contributed by atoms with Gasteiger partial charge in [-0.25, -0.2) is 4.98 Å². The molecule has 6 rings (SSSR count). The molecular weight excluding hydrogens is 506 g/mol. The van der Waals surface area contributed by atoms with Crippen LogP contribution in [0.15, 0.2) is 78.0 Å². The van der Waals surface area contributed by atoms with Gasteiger partial charge in [-0.05, 0) is 36.2 Å². The van der Waals surface area contributed by atoms with Crippen LogP contribution < -0.4 is 16.2 Å². The average molecular weight is 528 g/mol. The van der Waals surface area contributed by atoms with Crippen molar-refractivity contribution in [1.29, 1.82) is 0 Å². The minimum Gasteiger partial charge on any atom is -0.349 e. The summed E-state index contributed by atoms with van der Waals surface area (Å²) >= 11 is 2.94. The first kappa shape index (κ1) is 23.3. The number of carbonyl (C=O) groups is 2. The van der Waals surface area contributed by atoms with Crippen LogP contribution in [0.4, 0.5) is 5.69 Å². The number of pyridine rings is 1. The van der Waals surface area contributed by atoms with Gasteiger partial charge in [-0.3, -0.25) is 23.9 Å². The molecule has 1 atom stereocenters. The van der Waals surface area contributed by atoms with Crippen molar-refractivity contribution in [2.24, 2.45) is 0 Å². The molecular formula is C27H21N5O3S2. The van der Waals surface area contributed by atoms with Crippen molar-refractivity contribution in [3.8, 4) is 10.4 Å². The van der Waals surface area contributed by atoms with Gasteiger partial charge in [0.25, 0.3) is 11.5 Å². The first-order valence-electron chi connectivity index (χ1n) is 11.7. The number of hydrogen-bond donors (Lipinski definition) is 2. The van der Waals surface area contributed by atoms with E-state index in [1.54, 1.807) is 29.8 Å². The number of aromatic nitrogens is 3. The molecule has 0 unspecified atom stereocenters. The van der Waals surface area contributed by atoms with E-state index in [-0.39, 0.29) is 17.5 Å². The van der Waals surface area contributed by atoms with Gasteiger partial charge in [-0.1, -0.05) is 30.3 Å². The lowest BCUT2D eigenvalue weighted by Crippen LogP contribution is -2.36. The van der Waals surface area contributed by atoms with E-state index in [9.17, 15) is 14.4 Å². The lowest BCUT2D eigenvalue weighted by atomic mass is 10.2. The maximum atomic E-state index is 13.3. The van der Waals surface area contributed by atoms with Gasteiger partial charge in [0.1, 0.15) is 17.6 Å². The van der Waals surface area contributed by atoms with E-state index in [2.05, 4.69) is 20.6 Å². The Hall–Kier alpha value is -4.15. The van der Waals surface area contributed by atoms with Crippen LogP contribution in [0.2, 0.25) is 0 Å². The predicted octanol–water partition coefficient (Wildman–Crippen LogP) is 4.64. The Balaban J connectivity index is 1.17. The molecule has 10 heteroatoms. The van der Waals surface area contributed by atoms with E-state index in [4.69, 9.17) is 0 Å². The number of carbonyl (C=O) groups excluding carboxylic acids is 2. The van der Waals surface area contributed by atoms with Gasteiger partial charge < -0.3 is 10.6 Å². The minimum atomic E-state index is -0.672. The molecule has 1 aromatic carbocycles. The number of benzene rings is 1. The summed E-state index contributed by atoms with van der Waals surface area (Å²) in [5, 5.41) is 6.68. The highest BCUT2D eigenvalue weighted by atomic mass is 32.1. The summed E-state index contributed by atoms with van der Waals surface area (Å²) in [4.78, 5) is 50.2. The van der Waals surface area contributed by atoms with Crippen LogP contribution in [0.3, 0.4) is 0 Å². The quantitative estimate of drug-likeness (QED) is 0.335. The first-order valence-corrected chi connectivity index (χ1v) is 13.4. The highest BCUT2D eigenvalue weighted by Crippen LogP contribution is 2.29. The Labute approximate surface area is 219 Å². The number of nitrogens with one attached hydrogen (secondary N) is 2. The standard InChI is InChI=1S/C27H21N5O3S2/c33-25(30-14-18-12-17-13-28-11-10-22(17)36-18)20-6-9-24-29-15-19(27(35)32(20)24)31-26(34)23-8-7-21(37-23)16-4-2-1-3-5-16/h1-5,7-8,10-13,15,20H,6,9,14H2,(H,30,33)(H,31,34)/t20-/m0/s1. The van der Waals surface area contributed by atoms with E-state index in [0.29, 0.717) is 30.1 Å². The number of thiophene rings is 2. The van der Waals surface area contributed by atoms with Crippen LogP contribution in [0.5, 0.6) is 0 Å². The molecule has 8 nitrogen and oxygen atoms in total. The van der Waals surface area contributed by atoms with Crippen molar-refractivity contribution < 1.29 is 9.59 Å². The Kier molecular flexibility index (Phi) is 6.11. The molecule has 0 radical (unpaired) electrons. The maximum Gasteiger partial charge on any atom is 0.278 e. The van der Waals surface area contributed by atoms with Crippen LogP contribution in [0, 0.1) is 0 Å². The summed E-state index contributed by atoms with van der Waals surface area (Å²) in [6.07, 6.45) is 5.91. The molecule has 0 saturated heterocycles. The average Bonchev–Trinajstić information content (AvgIpc) is 3.67. The fourth-order valence-electron chi connectivity index (χ4n) is 4.46. The van der Waals surface area contributed by atoms with Gasteiger partial charge in [0.15, 0.2) is 0 Å². The summed E-state index contributed by atoms with van der Waals surface area (Å²) < 4.78 is 2.51. The predicted molar refractivity (Wildman–Crippen MR) is 145 cm³/mol. The molecule has 0 aliphatic carbocycles. The fourth-order valence-corrected chi connectivity index (χ4v) is 6.34. The molecule has 0 saturated carbocycles. The molecule has 37 heavy (non-hydrogen) atoms. The van der Waals surface area contributed by atoms with E-state index in [0.717, 1.165) is 25.4 Å². The van der Waals surface area contributed by atoms with Crippen LogP contribution in [0.1, 0.15) is 32.8 Å². The van der Waals surface area contributed by atoms with Crippen molar-refractivity contribution in [3.63, 3.8) is 0 Å². The molecule has 0 bridgehead atoms. The van der Waals surface area contributed by atoms with E-state index < -0.39 is 11.6 Å². The van der Waals surface area contributed by atoms with Gasteiger partial charge >= 0.3 is 0 Å². The summed E-state index contributed by atoms with van der Waals surface area (Å²) in [6.45, 7) is 0.366. The molecule has 1 aliphatic heterocycles. The molecule has 4 aromatic heterocycles. The number of hydrogen-bond acceptors (Lipinski definition) is 7.